The highest BCUT2D eigenvalue weighted by Gasteiger charge is 2.11. The van der Waals surface area contributed by atoms with E-state index in [0.717, 1.165) is 11.3 Å². The number of aryl methyl sites for hydroxylation is 1. The highest BCUT2D eigenvalue weighted by atomic mass is 79.9. The standard InChI is InChI=1S/C17H17BrN4O3/c1-10-4-12(9-24-2)13(7-19)17(21-10)22-20-8-11-5-16(25-3)15(23)6-14(11)18/h4-6,8,23H,9H2,1-3H3,(H,21,22). The largest absolute Gasteiger partial charge is 0.504 e. The predicted octanol–water partition coefficient (Wildman–Crippen LogP) is 3.33. The molecule has 0 atom stereocenters. The fourth-order valence-electron chi connectivity index (χ4n) is 2.20. The molecule has 0 aliphatic rings. The Kier molecular flexibility index (Phi) is 6.33. The van der Waals surface area contributed by atoms with Crippen LogP contribution in [0.25, 0.3) is 0 Å². The number of aromatic nitrogens is 1. The van der Waals surface area contributed by atoms with E-state index in [-0.39, 0.29) is 5.75 Å². The number of nitriles is 1. The van der Waals surface area contributed by atoms with Gasteiger partial charge in [-0.05, 0) is 41.1 Å². The summed E-state index contributed by atoms with van der Waals surface area (Å²) in [7, 11) is 3.03. The second-order valence-electron chi connectivity index (χ2n) is 5.11. The van der Waals surface area contributed by atoms with Crippen molar-refractivity contribution in [1.82, 2.24) is 4.98 Å². The fraction of sp³-hybridized carbons (Fsp3) is 0.235. The number of nitrogens with one attached hydrogen (secondary N) is 1. The lowest BCUT2D eigenvalue weighted by Gasteiger charge is -2.09. The zero-order valence-electron chi connectivity index (χ0n) is 14.0. The van der Waals surface area contributed by atoms with E-state index < -0.39 is 0 Å². The number of aromatic hydroxyl groups is 1. The lowest BCUT2D eigenvalue weighted by Crippen LogP contribution is -2.03. The van der Waals surface area contributed by atoms with Crippen molar-refractivity contribution in [2.45, 2.75) is 13.5 Å². The lowest BCUT2D eigenvalue weighted by atomic mass is 10.1. The van der Waals surface area contributed by atoms with Gasteiger partial charge in [-0.2, -0.15) is 10.4 Å². The third kappa shape index (κ3) is 4.47. The average Bonchev–Trinajstić information content (AvgIpc) is 2.57. The molecule has 1 heterocycles. The number of phenols is 1. The van der Waals surface area contributed by atoms with Crippen LogP contribution in [0.4, 0.5) is 5.82 Å². The molecule has 1 aromatic heterocycles. The van der Waals surface area contributed by atoms with E-state index in [4.69, 9.17) is 9.47 Å². The molecule has 2 aromatic rings. The van der Waals surface area contributed by atoms with E-state index in [0.29, 0.717) is 33.8 Å². The zero-order valence-corrected chi connectivity index (χ0v) is 15.6. The number of hydrogen-bond donors (Lipinski definition) is 2. The summed E-state index contributed by atoms with van der Waals surface area (Å²) in [6, 6.07) is 7.08. The summed E-state index contributed by atoms with van der Waals surface area (Å²) in [4.78, 5) is 4.31. The second kappa shape index (κ2) is 8.46. The van der Waals surface area contributed by atoms with E-state index in [2.05, 4.69) is 37.5 Å². The number of anilines is 1. The third-order valence-corrected chi connectivity index (χ3v) is 4.00. The molecule has 0 saturated heterocycles. The summed E-state index contributed by atoms with van der Waals surface area (Å²) >= 11 is 3.35. The molecule has 0 unspecified atom stereocenters. The first-order chi connectivity index (χ1) is 12.0. The van der Waals surface area contributed by atoms with Gasteiger partial charge in [0.2, 0.25) is 0 Å². The van der Waals surface area contributed by atoms with Crippen LogP contribution in [0.3, 0.4) is 0 Å². The van der Waals surface area contributed by atoms with Crippen LogP contribution in [-0.4, -0.2) is 30.5 Å². The summed E-state index contributed by atoms with van der Waals surface area (Å²) < 4.78 is 10.8. The third-order valence-electron chi connectivity index (χ3n) is 3.31. The van der Waals surface area contributed by atoms with Crippen molar-refractivity contribution < 1.29 is 14.6 Å². The molecule has 0 aliphatic carbocycles. The molecule has 0 spiro atoms. The molecule has 0 bridgehead atoms. The van der Waals surface area contributed by atoms with Crippen molar-refractivity contribution in [2.75, 3.05) is 19.6 Å². The zero-order chi connectivity index (χ0) is 18.4. The molecular weight excluding hydrogens is 388 g/mol. The van der Waals surface area contributed by atoms with Crippen LogP contribution in [0.1, 0.15) is 22.4 Å². The van der Waals surface area contributed by atoms with E-state index in [9.17, 15) is 10.4 Å². The molecule has 7 nitrogen and oxygen atoms in total. The minimum absolute atomic E-state index is 0.0239. The average molecular weight is 405 g/mol. The van der Waals surface area contributed by atoms with Gasteiger partial charge in [0.1, 0.15) is 11.6 Å². The summed E-state index contributed by atoms with van der Waals surface area (Å²) in [5, 5.41) is 23.2. The molecule has 130 valence electrons. The molecule has 2 rings (SSSR count). The fourth-order valence-corrected chi connectivity index (χ4v) is 2.63. The van der Waals surface area contributed by atoms with Gasteiger partial charge in [-0.25, -0.2) is 4.98 Å². The van der Waals surface area contributed by atoms with Gasteiger partial charge in [-0.3, -0.25) is 5.43 Å². The Balaban J connectivity index is 2.30. The number of halogens is 1. The van der Waals surface area contributed by atoms with E-state index in [1.807, 2.05) is 6.92 Å². The van der Waals surface area contributed by atoms with Crippen LogP contribution >= 0.6 is 15.9 Å². The van der Waals surface area contributed by atoms with E-state index in [1.54, 1.807) is 19.2 Å². The number of pyridine rings is 1. The van der Waals surface area contributed by atoms with Crippen molar-refractivity contribution in [3.05, 3.63) is 45.1 Å². The number of ether oxygens (including phenoxy) is 2. The van der Waals surface area contributed by atoms with Gasteiger partial charge in [0.15, 0.2) is 17.3 Å². The van der Waals surface area contributed by atoms with Crippen LogP contribution in [-0.2, 0) is 11.3 Å². The number of nitrogens with zero attached hydrogens (tertiary/aromatic N) is 3. The van der Waals surface area contributed by atoms with Crippen molar-refractivity contribution >= 4 is 28.0 Å². The Morgan fingerprint density at radius 2 is 2.16 bits per heavy atom. The maximum atomic E-state index is 9.73. The molecule has 1 aromatic carbocycles. The number of hydrogen-bond acceptors (Lipinski definition) is 7. The number of hydrazone groups is 1. The molecule has 0 fully saturated rings. The van der Waals surface area contributed by atoms with Crippen molar-refractivity contribution in [3.8, 4) is 17.6 Å². The first kappa shape index (κ1) is 18.7. The molecule has 0 aliphatic heterocycles. The molecule has 8 heteroatoms. The Hall–Kier alpha value is -2.63. The van der Waals surface area contributed by atoms with Gasteiger partial charge in [0.25, 0.3) is 0 Å². The highest BCUT2D eigenvalue weighted by Crippen LogP contribution is 2.31. The van der Waals surface area contributed by atoms with E-state index >= 15 is 0 Å². The van der Waals surface area contributed by atoms with Gasteiger partial charge in [0, 0.05) is 28.4 Å². The Morgan fingerprint density at radius 1 is 1.40 bits per heavy atom. The van der Waals surface area contributed by atoms with Crippen LogP contribution in [0.15, 0.2) is 27.8 Å². The van der Waals surface area contributed by atoms with Gasteiger partial charge < -0.3 is 14.6 Å². The molecule has 25 heavy (non-hydrogen) atoms. The molecule has 2 N–H and O–H groups in total. The first-order valence-corrected chi connectivity index (χ1v) is 8.04. The summed E-state index contributed by atoms with van der Waals surface area (Å²) in [5.41, 5.74) is 5.34. The summed E-state index contributed by atoms with van der Waals surface area (Å²) in [6.45, 7) is 2.14. The molecule has 0 amide bonds. The summed E-state index contributed by atoms with van der Waals surface area (Å²) in [6.07, 6.45) is 1.53. The monoisotopic (exact) mass is 404 g/mol. The maximum Gasteiger partial charge on any atom is 0.164 e. The van der Waals surface area contributed by atoms with Gasteiger partial charge in [0.05, 0.1) is 19.9 Å². The predicted molar refractivity (Wildman–Crippen MR) is 98.0 cm³/mol. The van der Waals surface area contributed by atoms with Gasteiger partial charge >= 0.3 is 0 Å². The Morgan fingerprint density at radius 3 is 2.80 bits per heavy atom. The first-order valence-electron chi connectivity index (χ1n) is 7.25. The molecule has 0 radical (unpaired) electrons. The maximum absolute atomic E-state index is 9.73. The van der Waals surface area contributed by atoms with Crippen molar-refractivity contribution in [1.29, 1.82) is 5.26 Å². The number of rotatable bonds is 6. The minimum Gasteiger partial charge on any atom is -0.504 e. The highest BCUT2D eigenvalue weighted by molar-refractivity contribution is 9.10. The van der Waals surface area contributed by atoms with Gasteiger partial charge in [-0.15, -0.1) is 0 Å². The van der Waals surface area contributed by atoms with Gasteiger partial charge in [-0.1, -0.05) is 0 Å². The minimum atomic E-state index is 0.0239. The van der Waals surface area contributed by atoms with Crippen LogP contribution in [0.5, 0.6) is 11.5 Å². The number of phenolic OH excluding ortho intramolecular Hbond substituents is 1. The quantitative estimate of drug-likeness (QED) is 0.565. The van der Waals surface area contributed by atoms with Crippen LogP contribution < -0.4 is 10.2 Å². The lowest BCUT2D eigenvalue weighted by molar-refractivity contribution is 0.184. The van der Waals surface area contributed by atoms with Crippen molar-refractivity contribution in [2.24, 2.45) is 5.10 Å². The normalized spacial score (nSPS) is 10.7. The van der Waals surface area contributed by atoms with E-state index in [1.165, 1.54) is 19.4 Å². The summed E-state index contributed by atoms with van der Waals surface area (Å²) in [5.74, 6) is 0.710. The number of benzene rings is 1. The Labute approximate surface area is 154 Å². The Bertz CT molecular complexity index is 847. The SMILES string of the molecule is COCc1cc(C)nc(NN=Cc2cc(OC)c(O)cc2Br)c1C#N. The molecule has 0 saturated carbocycles. The van der Waals surface area contributed by atoms with Crippen molar-refractivity contribution in [3.63, 3.8) is 0 Å². The van der Waals surface area contributed by atoms with Crippen LogP contribution in [0.2, 0.25) is 0 Å². The van der Waals surface area contributed by atoms with Crippen LogP contribution in [0, 0.1) is 18.3 Å². The number of methoxy groups -OCH3 is 2. The molecular formula is C17H17BrN4O3. The smallest absolute Gasteiger partial charge is 0.164 e. The topological polar surface area (TPSA) is 99.8 Å². The second-order valence-corrected chi connectivity index (χ2v) is 5.96.